The Labute approximate surface area is 137 Å². The molecule has 0 radical (unpaired) electrons. The smallest absolute Gasteiger partial charge is 0.144 e. The second-order valence-electron chi connectivity index (χ2n) is 4.73. The predicted octanol–water partition coefficient (Wildman–Crippen LogP) is 5.88. The van der Waals surface area contributed by atoms with Gasteiger partial charge in [-0.2, -0.15) is 0 Å². The summed E-state index contributed by atoms with van der Waals surface area (Å²) in [6.07, 6.45) is 1.38. The summed E-state index contributed by atoms with van der Waals surface area (Å²) >= 11 is 15.4. The summed E-state index contributed by atoms with van der Waals surface area (Å²) < 4.78 is 15.0. The predicted molar refractivity (Wildman–Crippen MR) is 87.2 cm³/mol. The van der Waals surface area contributed by atoms with E-state index in [1.807, 2.05) is 18.2 Å². The van der Waals surface area contributed by atoms with Crippen LogP contribution >= 0.6 is 39.1 Å². The lowest BCUT2D eigenvalue weighted by Crippen LogP contribution is -2.11. The molecule has 0 saturated heterocycles. The van der Waals surface area contributed by atoms with Crippen molar-refractivity contribution in [1.29, 1.82) is 0 Å². The molecule has 0 amide bonds. The van der Waals surface area contributed by atoms with Crippen LogP contribution in [0.25, 0.3) is 0 Å². The van der Waals surface area contributed by atoms with Crippen LogP contribution in [0, 0.1) is 11.7 Å². The molecule has 0 aliphatic carbocycles. The molecular weight excluding hydrogens is 362 g/mol. The van der Waals surface area contributed by atoms with E-state index in [9.17, 15) is 4.39 Å². The maximum atomic E-state index is 13.9. The lowest BCUT2D eigenvalue weighted by Gasteiger charge is -2.16. The molecule has 0 saturated carbocycles. The normalized spacial score (nSPS) is 12.4. The van der Waals surface area contributed by atoms with Gasteiger partial charge in [0, 0.05) is 10.4 Å². The minimum absolute atomic E-state index is 0.164. The maximum Gasteiger partial charge on any atom is 0.144 e. The van der Waals surface area contributed by atoms with Crippen molar-refractivity contribution in [2.24, 2.45) is 5.92 Å². The van der Waals surface area contributed by atoms with Gasteiger partial charge in [0.2, 0.25) is 0 Å². The van der Waals surface area contributed by atoms with Crippen LogP contribution in [-0.4, -0.2) is 5.88 Å². The van der Waals surface area contributed by atoms with E-state index < -0.39 is 0 Å². The molecule has 4 heteroatoms. The molecule has 20 heavy (non-hydrogen) atoms. The summed E-state index contributed by atoms with van der Waals surface area (Å²) in [5.74, 6) is 0.313. The Balaban J connectivity index is 2.14. The highest BCUT2D eigenvalue weighted by atomic mass is 79.9. The molecule has 1 atom stereocenters. The first-order valence-electron chi connectivity index (χ1n) is 6.34. The molecule has 1 unspecified atom stereocenters. The Kier molecular flexibility index (Phi) is 5.88. The molecule has 0 heterocycles. The van der Waals surface area contributed by atoms with Crippen LogP contribution in [0.2, 0.25) is 5.02 Å². The monoisotopic (exact) mass is 374 g/mol. The lowest BCUT2D eigenvalue weighted by atomic mass is 9.94. The molecule has 0 nitrogen and oxygen atoms in total. The van der Waals surface area contributed by atoms with Crippen molar-refractivity contribution in [2.45, 2.75) is 12.8 Å². The molecule has 0 bridgehead atoms. The summed E-state index contributed by atoms with van der Waals surface area (Å²) in [6.45, 7) is 0. The Morgan fingerprint density at radius 3 is 2.35 bits per heavy atom. The first-order chi connectivity index (χ1) is 9.61. The van der Waals surface area contributed by atoms with Gasteiger partial charge in [-0.3, -0.25) is 0 Å². The quantitative estimate of drug-likeness (QED) is 0.572. The molecule has 106 valence electrons. The van der Waals surface area contributed by atoms with Gasteiger partial charge in [0.1, 0.15) is 5.82 Å². The number of alkyl halides is 1. The van der Waals surface area contributed by atoms with E-state index in [0.29, 0.717) is 17.9 Å². The summed E-state index contributed by atoms with van der Waals surface area (Å²) in [7, 11) is 0. The van der Waals surface area contributed by atoms with E-state index in [2.05, 4.69) is 22.0 Å². The van der Waals surface area contributed by atoms with Crippen molar-refractivity contribution < 1.29 is 4.39 Å². The fourth-order valence-corrected chi connectivity index (χ4v) is 3.03. The van der Waals surface area contributed by atoms with Crippen LogP contribution in [0.4, 0.5) is 4.39 Å². The molecule has 2 rings (SSSR count). The van der Waals surface area contributed by atoms with Crippen LogP contribution in [0.5, 0.6) is 0 Å². The fourth-order valence-electron chi connectivity index (χ4n) is 2.17. The summed E-state index contributed by atoms with van der Waals surface area (Å²) in [5.41, 5.74) is 1.80. The van der Waals surface area contributed by atoms with Gasteiger partial charge in [0.25, 0.3) is 0 Å². The number of rotatable bonds is 5. The SMILES string of the molecule is Fc1c(Cl)cccc1CC(CCl)Cc1ccccc1Br. The Bertz CT molecular complexity index is 586. The number of hydrogen-bond donors (Lipinski definition) is 0. The van der Waals surface area contributed by atoms with Crippen molar-refractivity contribution in [3.05, 3.63) is 68.9 Å². The minimum atomic E-state index is -0.337. The number of halogens is 4. The lowest BCUT2D eigenvalue weighted by molar-refractivity contribution is 0.546. The summed E-state index contributed by atoms with van der Waals surface area (Å²) in [5, 5.41) is 0.164. The Morgan fingerprint density at radius 1 is 1.00 bits per heavy atom. The molecular formula is C16H14BrCl2F. The molecule has 0 aliphatic rings. The minimum Gasteiger partial charge on any atom is -0.205 e. The highest BCUT2D eigenvalue weighted by Gasteiger charge is 2.15. The van der Waals surface area contributed by atoms with E-state index in [1.165, 1.54) is 5.56 Å². The van der Waals surface area contributed by atoms with E-state index in [-0.39, 0.29) is 16.8 Å². The van der Waals surface area contributed by atoms with E-state index >= 15 is 0 Å². The second-order valence-corrected chi connectivity index (χ2v) is 6.30. The van der Waals surface area contributed by atoms with Crippen LogP contribution in [0.3, 0.4) is 0 Å². The summed E-state index contributed by atoms with van der Waals surface area (Å²) in [4.78, 5) is 0. The highest BCUT2D eigenvalue weighted by molar-refractivity contribution is 9.10. The van der Waals surface area contributed by atoms with E-state index in [4.69, 9.17) is 23.2 Å². The van der Waals surface area contributed by atoms with Gasteiger partial charge in [-0.1, -0.05) is 57.9 Å². The van der Waals surface area contributed by atoms with Gasteiger partial charge in [-0.15, -0.1) is 11.6 Å². The zero-order valence-corrected chi connectivity index (χ0v) is 13.8. The van der Waals surface area contributed by atoms with Gasteiger partial charge in [0.05, 0.1) is 5.02 Å². The molecule has 2 aromatic carbocycles. The Morgan fingerprint density at radius 2 is 1.65 bits per heavy atom. The third-order valence-corrected chi connectivity index (χ3v) is 4.73. The Hall–Kier alpha value is -0.570. The van der Waals surface area contributed by atoms with Crippen LogP contribution in [0.1, 0.15) is 11.1 Å². The van der Waals surface area contributed by atoms with Crippen LogP contribution in [-0.2, 0) is 12.8 Å². The third-order valence-electron chi connectivity index (χ3n) is 3.22. The molecule has 0 aromatic heterocycles. The molecule has 0 aliphatic heterocycles. The topological polar surface area (TPSA) is 0 Å². The van der Waals surface area contributed by atoms with Gasteiger partial charge < -0.3 is 0 Å². The van der Waals surface area contributed by atoms with Gasteiger partial charge in [0.15, 0.2) is 0 Å². The largest absolute Gasteiger partial charge is 0.205 e. The number of hydrogen-bond acceptors (Lipinski definition) is 0. The van der Waals surface area contributed by atoms with Crippen molar-refractivity contribution in [3.63, 3.8) is 0 Å². The first kappa shape index (κ1) is 15.8. The van der Waals surface area contributed by atoms with Gasteiger partial charge in [-0.05, 0) is 42.0 Å². The molecule has 0 fully saturated rings. The number of benzene rings is 2. The van der Waals surface area contributed by atoms with E-state index in [0.717, 1.165) is 10.9 Å². The third kappa shape index (κ3) is 3.97. The standard InChI is InChI=1S/C16H14BrCl2F/c17-14-6-2-1-4-12(14)8-11(10-18)9-13-5-3-7-15(19)16(13)20/h1-7,11H,8-10H2. The molecule has 2 aromatic rings. The second kappa shape index (κ2) is 7.44. The zero-order chi connectivity index (χ0) is 14.5. The first-order valence-corrected chi connectivity index (χ1v) is 8.04. The average Bonchev–Trinajstić information content (AvgIpc) is 2.45. The van der Waals surface area contributed by atoms with Gasteiger partial charge in [-0.25, -0.2) is 4.39 Å². The molecule has 0 spiro atoms. The summed E-state index contributed by atoms with van der Waals surface area (Å²) in [6, 6.07) is 13.1. The van der Waals surface area contributed by atoms with Crippen molar-refractivity contribution in [2.75, 3.05) is 5.88 Å². The van der Waals surface area contributed by atoms with Crippen LogP contribution in [0.15, 0.2) is 46.9 Å². The average molecular weight is 376 g/mol. The van der Waals surface area contributed by atoms with E-state index in [1.54, 1.807) is 18.2 Å². The van der Waals surface area contributed by atoms with Crippen molar-refractivity contribution in [1.82, 2.24) is 0 Å². The van der Waals surface area contributed by atoms with Crippen LogP contribution < -0.4 is 0 Å². The fraction of sp³-hybridized carbons (Fsp3) is 0.250. The zero-order valence-electron chi connectivity index (χ0n) is 10.8. The maximum absolute atomic E-state index is 13.9. The highest BCUT2D eigenvalue weighted by Crippen LogP contribution is 2.25. The molecule has 0 N–H and O–H groups in total. The van der Waals surface area contributed by atoms with Gasteiger partial charge >= 0.3 is 0 Å². The van der Waals surface area contributed by atoms with Crippen molar-refractivity contribution >= 4 is 39.1 Å². The van der Waals surface area contributed by atoms with Crippen molar-refractivity contribution in [3.8, 4) is 0 Å².